The van der Waals surface area contributed by atoms with Crippen molar-refractivity contribution in [3.05, 3.63) is 11.8 Å². The first-order valence-electron chi connectivity index (χ1n) is 3.85. The van der Waals surface area contributed by atoms with Gasteiger partial charge in [-0.2, -0.15) is 0 Å². The first-order valence-corrected chi connectivity index (χ1v) is 3.85. The van der Waals surface area contributed by atoms with Gasteiger partial charge >= 0.3 is 0 Å². The van der Waals surface area contributed by atoms with Gasteiger partial charge in [0.25, 0.3) is 0 Å². The van der Waals surface area contributed by atoms with E-state index in [1.165, 1.54) is 0 Å². The number of carbonyl (C=O) groups is 1. The Balaban J connectivity index is 3.51. The molecule has 0 radical (unpaired) electrons. The van der Waals surface area contributed by atoms with Gasteiger partial charge < -0.3 is 10.8 Å². The van der Waals surface area contributed by atoms with E-state index in [1.54, 1.807) is 0 Å². The van der Waals surface area contributed by atoms with Crippen LogP contribution in [0.5, 0.6) is 0 Å². The largest absolute Gasteiger partial charge is 0.512 e. The summed E-state index contributed by atoms with van der Waals surface area (Å²) < 4.78 is 0. The van der Waals surface area contributed by atoms with E-state index in [4.69, 9.17) is 10.8 Å². The fourth-order valence-electron chi connectivity index (χ4n) is 0.793. The number of aliphatic hydroxyl groups excluding tert-OH is 1. The molecule has 64 valence electrons. The fourth-order valence-corrected chi connectivity index (χ4v) is 0.793. The average molecular weight is 157 g/mol. The van der Waals surface area contributed by atoms with Crippen LogP contribution in [-0.2, 0) is 4.79 Å². The highest BCUT2D eigenvalue weighted by Gasteiger charge is 1.94. The van der Waals surface area contributed by atoms with Crippen molar-refractivity contribution in [1.82, 2.24) is 0 Å². The Hall–Kier alpha value is -0.990. The molecule has 0 aliphatic rings. The predicted molar refractivity (Wildman–Crippen MR) is 44.0 cm³/mol. The average Bonchev–Trinajstić information content (AvgIpc) is 1.86. The van der Waals surface area contributed by atoms with Gasteiger partial charge in [0.1, 0.15) is 0 Å². The smallest absolute Gasteiger partial charge is 0.244 e. The molecule has 0 bridgehead atoms. The minimum atomic E-state index is -0.584. The van der Waals surface area contributed by atoms with Crippen molar-refractivity contribution in [3.8, 4) is 0 Å². The van der Waals surface area contributed by atoms with Gasteiger partial charge in [-0.05, 0) is 6.42 Å². The molecule has 0 fully saturated rings. The zero-order valence-electron chi connectivity index (χ0n) is 6.84. The molecular formula is C8H15NO2. The summed E-state index contributed by atoms with van der Waals surface area (Å²) in [7, 11) is 0. The zero-order chi connectivity index (χ0) is 8.69. The molecule has 11 heavy (non-hydrogen) atoms. The zero-order valence-corrected chi connectivity index (χ0v) is 6.84. The molecule has 0 aliphatic heterocycles. The topological polar surface area (TPSA) is 63.3 Å². The fraction of sp³-hybridized carbons (Fsp3) is 0.625. The number of amides is 1. The SMILES string of the molecule is CCCCCC(O)=CC(N)=O. The van der Waals surface area contributed by atoms with Crippen molar-refractivity contribution in [2.75, 3.05) is 0 Å². The molecular weight excluding hydrogens is 142 g/mol. The lowest BCUT2D eigenvalue weighted by Gasteiger charge is -1.96. The minimum Gasteiger partial charge on any atom is -0.512 e. The third-order valence-electron chi connectivity index (χ3n) is 1.35. The van der Waals surface area contributed by atoms with E-state index in [1.807, 2.05) is 0 Å². The van der Waals surface area contributed by atoms with Crippen LogP contribution in [0.3, 0.4) is 0 Å². The normalized spacial score (nSPS) is 11.5. The van der Waals surface area contributed by atoms with Gasteiger partial charge in [-0.15, -0.1) is 0 Å². The van der Waals surface area contributed by atoms with Crippen molar-refractivity contribution in [1.29, 1.82) is 0 Å². The summed E-state index contributed by atoms with van der Waals surface area (Å²) in [4.78, 5) is 10.2. The Morgan fingerprint density at radius 1 is 1.55 bits per heavy atom. The summed E-state index contributed by atoms with van der Waals surface area (Å²) in [6, 6.07) is 0. The van der Waals surface area contributed by atoms with Crippen molar-refractivity contribution < 1.29 is 9.90 Å². The van der Waals surface area contributed by atoms with Gasteiger partial charge in [-0.1, -0.05) is 19.8 Å². The van der Waals surface area contributed by atoms with Crippen LogP contribution < -0.4 is 5.73 Å². The molecule has 3 heteroatoms. The van der Waals surface area contributed by atoms with E-state index >= 15 is 0 Å². The molecule has 0 saturated carbocycles. The molecule has 0 aliphatic carbocycles. The van der Waals surface area contributed by atoms with Crippen LogP contribution in [-0.4, -0.2) is 11.0 Å². The molecule has 0 aromatic carbocycles. The molecule has 3 N–H and O–H groups in total. The second kappa shape index (κ2) is 5.77. The van der Waals surface area contributed by atoms with Crippen LogP contribution in [0, 0.1) is 0 Å². The monoisotopic (exact) mass is 157 g/mol. The maximum Gasteiger partial charge on any atom is 0.244 e. The van der Waals surface area contributed by atoms with Gasteiger partial charge in [0, 0.05) is 12.5 Å². The summed E-state index contributed by atoms with van der Waals surface area (Å²) >= 11 is 0. The molecule has 0 heterocycles. The maximum absolute atomic E-state index is 10.2. The third kappa shape index (κ3) is 6.90. The second-order valence-corrected chi connectivity index (χ2v) is 2.50. The van der Waals surface area contributed by atoms with Gasteiger partial charge in [-0.25, -0.2) is 0 Å². The van der Waals surface area contributed by atoms with Crippen LogP contribution in [0.4, 0.5) is 0 Å². The van der Waals surface area contributed by atoms with E-state index in [-0.39, 0.29) is 5.76 Å². The number of hydrogen-bond donors (Lipinski definition) is 2. The standard InChI is InChI=1S/C8H15NO2/c1-2-3-4-5-7(10)6-8(9)11/h6,10H,2-5H2,1H3,(H2,9,11). The highest BCUT2D eigenvalue weighted by atomic mass is 16.3. The van der Waals surface area contributed by atoms with Crippen molar-refractivity contribution in [3.63, 3.8) is 0 Å². The Morgan fingerprint density at radius 3 is 2.64 bits per heavy atom. The Labute approximate surface area is 66.9 Å². The molecule has 1 amide bonds. The molecule has 0 atom stereocenters. The first-order chi connectivity index (χ1) is 5.16. The second-order valence-electron chi connectivity index (χ2n) is 2.50. The summed E-state index contributed by atoms with van der Waals surface area (Å²) in [5, 5.41) is 9.01. The van der Waals surface area contributed by atoms with E-state index < -0.39 is 5.91 Å². The number of primary amides is 1. The first kappa shape index (κ1) is 10.0. The Bertz CT molecular complexity index is 152. The molecule has 0 rings (SSSR count). The summed E-state index contributed by atoms with van der Waals surface area (Å²) in [6.07, 6.45) is 4.69. The van der Waals surface area contributed by atoms with Crippen LogP contribution >= 0.6 is 0 Å². The lowest BCUT2D eigenvalue weighted by molar-refractivity contribution is -0.113. The molecule has 0 saturated heterocycles. The number of nitrogens with two attached hydrogens (primary N) is 1. The van der Waals surface area contributed by atoms with Crippen LogP contribution in [0.1, 0.15) is 32.6 Å². The van der Waals surface area contributed by atoms with E-state index in [9.17, 15) is 4.79 Å². The lowest BCUT2D eigenvalue weighted by atomic mass is 10.2. The molecule has 0 spiro atoms. The highest BCUT2D eigenvalue weighted by molar-refractivity contribution is 5.86. The summed E-state index contributed by atoms with van der Waals surface area (Å²) in [5.41, 5.74) is 4.82. The van der Waals surface area contributed by atoms with Gasteiger partial charge in [0.05, 0.1) is 5.76 Å². The minimum absolute atomic E-state index is 0.0888. The molecule has 0 aromatic heterocycles. The quantitative estimate of drug-likeness (QED) is 0.361. The van der Waals surface area contributed by atoms with Crippen LogP contribution in [0.2, 0.25) is 0 Å². The van der Waals surface area contributed by atoms with Crippen molar-refractivity contribution in [2.45, 2.75) is 32.6 Å². The van der Waals surface area contributed by atoms with Crippen molar-refractivity contribution >= 4 is 5.91 Å². The lowest BCUT2D eigenvalue weighted by Crippen LogP contribution is -2.07. The van der Waals surface area contributed by atoms with E-state index in [0.717, 1.165) is 25.3 Å². The molecule has 0 unspecified atom stereocenters. The third-order valence-corrected chi connectivity index (χ3v) is 1.35. The Kier molecular flexibility index (Phi) is 5.25. The number of rotatable bonds is 5. The van der Waals surface area contributed by atoms with Gasteiger partial charge in [0.15, 0.2) is 0 Å². The van der Waals surface area contributed by atoms with Crippen LogP contribution in [0.25, 0.3) is 0 Å². The number of carbonyl (C=O) groups excluding carboxylic acids is 1. The Morgan fingerprint density at radius 2 is 2.18 bits per heavy atom. The summed E-state index contributed by atoms with van der Waals surface area (Å²) in [6.45, 7) is 2.08. The number of allylic oxidation sites excluding steroid dienone is 1. The number of hydrogen-bond acceptors (Lipinski definition) is 2. The molecule has 0 aromatic rings. The van der Waals surface area contributed by atoms with Crippen molar-refractivity contribution in [2.24, 2.45) is 5.73 Å². The van der Waals surface area contributed by atoms with E-state index in [2.05, 4.69) is 6.92 Å². The van der Waals surface area contributed by atoms with Crippen LogP contribution in [0.15, 0.2) is 11.8 Å². The summed E-state index contributed by atoms with van der Waals surface area (Å²) in [5.74, 6) is -0.495. The van der Waals surface area contributed by atoms with Gasteiger partial charge in [-0.3, -0.25) is 4.79 Å². The highest BCUT2D eigenvalue weighted by Crippen LogP contribution is 2.04. The van der Waals surface area contributed by atoms with E-state index in [0.29, 0.717) is 6.42 Å². The number of unbranched alkanes of at least 4 members (excludes halogenated alkanes) is 2. The van der Waals surface area contributed by atoms with Gasteiger partial charge in [0.2, 0.25) is 5.91 Å². The molecule has 3 nitrogen and oxygen atoms in total. The maximum atomic E-state index is 10.2. The number of aliphatic hydroxyl groups is 1. The predicted octanol–water partition coefficient (Wildman–Crippen LogP) is 1.49.